The van der Waals surface area contributed by atoms with Crippen molar-refractivity contribution in [3.63, 3.8) is 0 Å². The van der Waals surface area contributed by atoms with Crippen LogP contribution in [-0.2, 0) is 9.59 Å². The molecule has 0 saturated heterocycles. The Morgan fingerprint density at radius 2 is 2.00 bits per heavy atom. The Morgan fingerprint density at radius 3 is 2.59 bits per heavy atom. The largest absolute Gasteiger partial charge is 0.302 e. The van der Waals surface area contributed by atoms with Crippen molar-refractivity contribution in [2.24, 2.45) is 16.7 Å². The van der Waals surface area contributed by atoms with Gasteiger partial charge in [0.15, 0.2) is 0 Å². The third-order valence-electron chi connectivity index (χ3n) is 6.17. The highest BCUT2D eigenvalue weighted by atomic mass is 16.1. The van der Waals surface area contributed by atoms with Crippen LogP contribution in [0.1, 0.15) is 72.6 Å². The first-order valence-corrected chi connectivity index (χ1v) is 8.65. The van der Waals surface area contributed by atoms with Crippen molar-refractivity contribution in [2.45, 2.75) is 72.6 Å². The maximum atomic E-state index is 12.1. The van der Waals surface area contributed by atoms with E-state index < -0.39 is 5.41 Å². The number of hydrogen-bond donors (Lipinski definition) is 0. The lowest BCUT2D eigenvalue weighted by Crippen LogP contribution is -2.49. The molecule has 3 atom stereocenters. The zero-order valence-electron chi connectivity index (χ0n) is 14.6. The summed E-state index contributed by atoms with van der Waals surface area (Å²) in [7, 11) is 0. The molecule has 3 unspecified atom stereocenters. The van der Waals surface area contributed by atoms with Crippen LogP contribution in [0.15, 0.2) is 22.8 Å². The van der Waals surface area contributed by atoms with E-state index in [4.69, 9.17) is 0 Å². The summed E-state index contributed by atoms with van der Waals surface area (Å²) in [4.78, 5) is 23.8. The van der Waals surface area contributed by atoms with E-state index in [2.05, 4.69) is 26.8 Å². The van der Waals surface area contributed by atoms with Gasteiger partial charge in [-0.25, -0.2) is 0 Å². The van der Waals surface area contributed by atoms with Crippen LogP contribution in [0.25, 0.3) is 0 Å². The van der Waals surface area contributed by atoms with Gasteiger partial charge in [0.05, 0.1) is 5.41 Å². The lowest BCUT2D eigenvalue weighted by atomic mass is 9.49. The predicted molar refractivity (Wildman–Crippen MR) is 90.6 cm³/mol. The number of fused-ring (bicyclic) bond motifs is 1. The van der Waals surface area contributed by atoms with Crippen molar-refractivity contribution in [3.8, 4) is 0 Å². The van der Waals surface area contributed by atoms with E-state index in [9.17, 15) is 9.59 Å². The molecule has 122 valence electrons. The fourth-order valence-corrected chi connectivity index (χ4v) is 4.98. The van der Waals surface area contributed by atoms with Crippen molar-refractivity contribution in [1.82, 2.24) is 0 Å². The molecule has 0 N–H and O–H groups in total. The molecule has 1 fully saturated rings. The zero-order valence-corrected chi connectivity index (χ0v) is 14.6. The second-order valence-electron chi connectivity index (χ2n) is 7.89. The first-order valence-electron chi connectivity index (χ1n) is 8.65. The second-order valence-corrected chi connectivity index (χ2v) is 7.89. The van der Waals surface area contributed by atoms with Crippen LogP contribution >= 0.6 is 0 Å². The van der Waals surface area contributed by atoms with Gasteiger partial charge in [0.25, 0.3) is 0 Å². The normalized spacial score (nSPS) is 34.8. The Labute approximate surface area is 135 Å². The van der Waals surface area contributed by atoms with Crippen molar-refractivity contribution >= 4 is 12.6 Å². The summed E-state index contributed by atoms with van der Waals surface area (Å²) < 4.78 is 0. The predicted octanol–water partition coefficient (Wildman–Crippen LogP) is 5.03. The van der Waals surface area contributed by atoms with E-state index in [0.29, 0.717) is 5.92 Å². The quantitative estimate of drug-likeness (QED) is 0.527. The monoisotopic (exact) mass is 302 g/mol. The number of rotatable bonds is 5. The Bertz CT molecular complexity index is 510. The SMILES string of the molecule is CC(C)=CCCC1(C)CCCC2(C=O)C(C=O)=C(C)CCC12. The van der Waals surface area contributed by atoms with E-state index in [1.807, 2.05) is 6.92 Å². The molecule has 0 bridgehead atoms. The molecule has 22 heavy (non-hydrogen) atoms. The molecule has 0 aromatic heterocycles. The van der Waals surface area contributed by atoms with Gasteiger partial charge < -0.3 is 4.79 Å². The molecule has 2 heteroatoms. The maximum Gasteiger partial charge on any atom is 0.146 e. The molecule has 2 rings (SSSR count). The molecular formula is C20H30O2. The minimum absolute atomic E-state index is 0.167. The summed E-state index contributed by atoms with van der Waals surface area (Å²) in [6, 6.07) is 0. The van der Waals surface area contributed by atoms with Gasteiger partial charge in [0.1, 0.15) is 12.6 Å². The lowest BCUT2D eigenvalue weighted by molar-refractivity contribution is -0.127. The molecule has 0 amide bonds. The minimum Gasteiger partial charge on any atom is -0.302 e. The van der Waals surface area contributed by atoms with Crippen LogP contribution in [0, 0.1) is 16.7 Å². The molecule has 0 aromatic carbocycles. The zero-order chi connectivity index (χ0) is 16.4. The van der Waals surface area contributed by atoms with Crippen molar-refractivity contribution in [3.05, 3.63) is 22.8 Å². The molecule has 0 heterocycles. The second kappa shape index (κ2) is 6.52. The number of allylic oxidation sites excluding steroid dienone is 4. The highest BCUT2D eigenvalue weighted by Crippen LogP contribution is 2.59. The number of carbonyl (C=O) groups is 2. The van der Waals surface area contributed by atoms with Crippen LogP contribution < -0.4 is 0 Å². The summed E-state index contributed by atoms with van der Waals surface area (Å²) in [6.45, 7) is 8.64. The van der Waals surface area contributed by atoms with Gasteiger partial charge in [-0.15, -0.1) is 0 Å². The van der Waals surface area contributed by atoms with Crippen LogP contribution in [0.5, 0.6) is 0 Å². The van der Waals surface area contributed by atoms with Crippen LogP contribution in [0.4, 0.5) is 0 Å². The summed E-state index contributed by atoms with van der Waals surface area (Å²) in [6.07, 6.45) is 11.7. The smallest absolute Gasteiger partial charge is 0.146 e. The average molecular weight is 302 g/mol. The fraction of sp³-hybridized carbons (Fsp3) is 0.700. The summed E-state index contributed by atoms with van der Waals surface area (Å²) in [5.41, 5.74) is 2.94. The van der Waals surface area contributed by atoms with Crippen molar-refractivity contribution < 1.29 is 9.59 Å². The first kappa shape index (κ1) is 17.2. The number of hydrogen-bond acceptors (Lipinski definition) is 2. The van der Waals surface area contributed by atoms with E-state index in [1.54, 1.807) is 0 Å². The Hall–Kier alpha value is -1.18. The summed E-state index contributed by atoms with van der Waals surface area (Å²) >= 11 is 0. The summed E-state index contributed by atoms with van der Waals surface area (Å²) in [5, 5.41) is 0. The van der Waals surface area contributed by atoms with Gasteiger partial charge in [0.2, 0.25) is 0 Å². The van der Waals surface area contributed by atoms with Crippen LogP contribution in [-0.4, -0.2) is 12.6 Å². The Balaban J connectivity index is 2.36. The molecule has 0 spiro atoms. The first-order chi connectivity index (χ1) is 10.4. The minimum atomic E-state index is -0.512. The van der Waals surface area contributed by atoms with Gasteiger partial charge in [-0.1, -0.05) is 30.6 Å². The molecule has 2 nitrogen and oxygen atoms in total. The van der Waals surface area contributed by atoms with Crippen molar-refractivity contribution in [1.29, 1.82) is 0 Å². The van der Waals surface area contributed by atoms with Gasteiger partial charge in [-0.2, -0.15) is 0 Å². The Morgan fingerprint density at radius 1 is 1.27 bits per heavy atom. The highest BCUT2D eigenvalue weighted by molar-refractivity contribution is 5.86. The highest BCUT2D eigenvalue weighted by Gasteiger charge is 2.54. The molecule has 0 aromatic rings. The van der Waals surface area contributed by atoms with Gasteiger partial charge >= 0.3 is 0 Å². The maximum absolute atomic E-state index is 12.1. The van der Waals surface area contributed by atoms with Crippen LogP contribution in [0.3, 0.4) is 0 Å². The lowest BCUT2D eigenvalue weighted by Gasteiger charge is -2.54. The number of aldehydes is 2. The van der Waals surface area contributed by atoms with E-state index in [0.717, 1.165) is 62.2 Å². The van der Waals surface area contributed by atoms with E-state index >= 15 is 0 Å². The third-order valence-corrected chi connectivity index (χ3v) is 6.17. The van der Waals surface area contributed by atoms with Gasteiger partial charge in [-0.05, 0) is 70.6 Å². The molecule has 1 saturated carbocycles. The molecular weight excluding hydrogens is 272 g/mol. The van der Waals surface area contributed by atoms with E-state index in [-0.39, 0.29) is 5.41 Å². The number of carbonyl (C=O) groups excluding carboxylic acids is 2. The summed E-state index contributed by atoms with van der Waals surface area (Å²) in [5.74, 6) is 0.320. The van der Waals surface area contributed by atoms with Crippen LogP contribution in [0.2, 0.25) is 0 Å². The molecule has 0 radical (unpaired) electrons. The van der Waals surface area contributed by atoms with Gasteiger partial charge in [0, 0.05) is 5.57 Å². The Kier molecular flexibility index (Phi) is 5.09. The van der Waals surface area contributed by atoms with Gasteiger partial charge in [-0.3, -0.25) is 4.79 Å². The molecule has 2 aliphatic rings. The van der Waals surface area contributed by atoms with Crippen molar-refractivity contribution in [2.75, 3.05) is 0 Å². The standard InChI is InChI=1S/C20H30O2/c1-15(2)7-5-10-19(4)11-6-12-20(14-22)17(13-21)16(3)8-9-18(19)20/h7,13-14,18H,5-6,8-12H2,1-4H3. The average Bonchev–Trinajstić information content (AvgIpc) is 2.46. The third kappa shape index (κ3) is 2.85. The van der Waals surface area contributed by atoms with E-state index in [1.165, 1.54) is 12.0 Å². The molecule has 2 aliphatic carbocycles. The molecule has 0 aliphatic heterocycles. The fourth-order valence-electron chi connectivity index (χ4n) is 4.98. The topological polar surface area (TPSA) is 34.1 Å².